The Balaban J connectivity index is 1.65. The largest absolute Gasteiger partial charge is 0.458 e. The Labute approximate surface area is 169 Å². The predicted molar refractivity (Wildman–Crippen MR) is 109 cm³/mol. The molecule has 1 atom stereocenters. The van der Waals surface area contributed by atoms with Crippen molar-refractivity contribution in [3.63, 3.8) is 0 Å². The van der Waals surface area contributed by atoms with Crippen LogP contribution in [0.2, 0.25) is 0 Å². The summed E-state index contributed by atoms with van der Waals surface area (Å²) in [5.74, 6) is -0.352. The molecule has 0 aliphatic heterocycles. The summed E-state index contributed by atoms with van der Waals surface area (Å²) in [4.78, 5) is 22.8. The normalized spacial score (nSPS) is 11.8. The lowest BCUT2D eigenvalue weighted by molar-refractivity contribution is -0.385. The number of ether oxygens (including phenoxy) is 1. The summed E-state index contributed by atoms with van der Waals surface area (Å²) in [6, 6.07) is 16.0. The molecule has 0 amide bonds. The van der Waals surface area contributed by atoms with Crippen LogP contribution in [0, 0.1) is 24.0 Å². The number of aromatic nitrogens is 2. The fraction of sp³-hybridized carbons (Fsp3) is 0.273. The molecule has 0 radical (unpaired) electrons. The second-order valence-electron chi connectivity index (χ2n) is 6.88. The molecule has 0 fully saturated rings. The molecular weight excluding hydrogens is 370 g/mol. The lowest BCUT2D eigenvalue weighted by Crippen LogP contribution is -2.10. The van der Waals surface area contributed by atoms with E-state index in [-0.39, 0.29) is 18.1 Å². The number of carbonyl (C=O) groups excluding carboxylic acids is 1. The van der Waals surface area contributed by atoms with Gasteiger partial charge < -0.3 is 4.74 Å². The Morgan fingerprint density at radius 2 is 1.90 bits per heavy atom. The second-order valence-corrected chi connectivity index (χ2v) is 6.88. The van der Waals surface area contributed by atoms with Gasteiger partial charge in [0.2, 0.25) is 0 Å². The highest BCUT2D eigenvalue weighted by atomic mass is 16.6. The number of hydrogen-bond acceptors (Lipinski definition) is 5. The highest BCUT2D eigenvalue weighted by molar-refractivity contribution is 5.70. The van der Waals surface area contributed by atoms with Gasteiger partial charge >= 0.3 is 5.97 Å². The molecule has 0 aliphatic carbocycles. The van der Waals surface area contributed by atoms with Gasteiger partial charge in [-0.15, -0.1) is 0 Å². The van der Waals surface area contributed by atoms with Crippen LogP contribution in [0.25, 0.3) is 5.69 Å². The molecule has 0 N–H and O–H groups in total. The van der Waals surface area contributed by atoms with Gasteiger partial charge in [0.05, 0.1) is 16.3 Å². The molecule has 7 nitrogen and oxygen atoms in total. The zero-order valence-electron chi connectivity index (χ0n) is 16.7. The summed E-state index contributed by atoms with van der Waals surface area (Å²) in [5.41, 5.74) is 4.44. The van der Waals surface area contributed by atoms with Crippen molar-refractivity contribution in [3.05, 3.63) is 87.2 Å². The Morgan fingerprint density at radius 1 is 1.17 bits per heavy atom. The Kier molecular flexibility index (Phi) is 6.07. The zero-order valence-corrected chi connectivity index (χ0v) is 16.7. The molecule has 2 aromatic carbocycles. The molecule has 1 aromatic heterocycles. The highest BCUT2D eigenvalue weighted by Gasteiger charge is 2.17. The van der Waals surface area contributed by atoms with E-state index < -0.39 is 11.0 Å². The maximum Gasteiger partial charge on any atom is 0.306 e. The van der Waals surface area contributed by atoms with E-state index in [1.54, 1.807) is 19.1 Å². The number of aryl methyl sites for hydroxylation is 1. The van der Waals surface area contributed by atoms with Crippen LogP contribution in [0.3, 0.4) is 0 Å². The number of nitro benzene ring substituents is 1. The monoisotopic (exact) mass is 393 g/mol. The number of benzene rings is 2. The van der Waals surface area contributed by atoms with E-state index in [0.717, 1.165) is 22.6 Å². The highest BCUT2D eigenvalue weighted by Crippen LogP contribution is 2.23. The van der Waals surface area contributed by atoms with E-state index in [2.05, 4.69) is 5.10 Å². The second kappa shape index (κ2) is 8.68. The first kappa shape index (κ1) is 20.3. The van der Waals surface area contributed by atoms with Crippen LogP contribution in [0.1, 0.15) is 42.0 Å². The topological polar surface area (TPSA) is 87.3 Å². The third kappa shape index (κ3) is 4.68. The van der Waals surface area contributed by atoms with Gasteiger partial charge in [-0.1, -0.05) is 30.3 Å². The van der Waals surface area contributed by atoms with Crippen LogP contribution in [0.15, 0.2) is 54.6 Å². The standard InChI is InChI=1S/C22H23N3O4/c1-15-21(16(2)24(23-15)19-9-5-4-6-10-19)12-13-22(26)29-17(3)18-8-7-11-20(14-18)25(27)28/h4-11,14,17H,12-13H2,1-3H3/t17-/m0/s1. The maximum atomic E-state index is 12.3. The quantitative estimate of drug-likeness (QED) is 0.332. The SMILES string of the molecule is Cc1nn(-c2ccccc2)c(C)c1CCC(=O)O[C@@H](C)c1cccc([N+](=O)[O-])c1. The van der Waals surface area contributed by atoms with Crippen molar-refractivity contribution >= 4 is 11.7 Å². The number of rotatable bonds is 7. The van der Waals surface area contributed by atoms with Gasteiger partial charge in [0, 0.05) is 24.2 Å². The fourth-order valence-corrected chi connectivity index (χ4v) is 3.30. The molecule has 3 rings (SSSR count). The molecule has 1 heterocycles. The summed E-state index contributed by atoms with van der Waals surface area (Å²) in [6.45, 7) is 5.62. The molecule has 150 valence electrons. The summed E-state index contributed by atoms with van der Waals surface area (Å²) in [5, 5.41) is 15.5. The third-order valence-electron chi connectivity index (χ3n) is 4.88. The minimum Gasteiger partial charge on any atom is -0.458 e. The van der Waals surface area contributed by atoms with Gasteiger partial charge in [-0.05, 0) is 50.5 Å². The first-order valence-electron chi connectivity index (χ1n) is 9.41. The van der Waals surface area contributed by atoms with Crippen molar-refractivity contribution in [1.82, 2.24) is 9.78 Å². The van der Waals surface area contributed by atoms with Crippen LogP contribution in [0.4, 0.5) is 5.69 Å². The van der Waals surface area contributed by atoms with E-state index in [4.69, 9.17) is 4.74 Å². The molecule has 0 saturated carbocycles. The number of nitrogens with zero attached hydrogens (tertiary/aromatic N) is 3. The Bertz CT molecular complexity index is 1030. The third-order valence-corrected chi connectivity index (χ3v) is 4.88. The minimum atomic E-state index is -0.559. The summed E-state index contributed by atoms with van der Waals surface area (Å²) in [7, 11) is 0. The zero-order chi connectivity index (χ0) is 21.0. The average Bonchev–Trinajstić information content (AvgIpc) is 3.00. The van der Waals surface area contributed by atoms with Crippen molar-refractivity contribution in [2.75, 3.05) is 0 Å². The first-order valence-corrected chi connectivity index (χ1v) is 9.41. The molecule has 3 aromatic rings. The average molecular weight is 393 g/mol. The van der Waals surface area contributed by atoms with Gasteiger partial charge in [-0.2, -0.15) is 5.10 Å². The number of nitro groups is 1. The molecule has 29 heavy (non-hydrogen) atoms. The molecule has 0 aliphatic rings. The summed E-state index contributed by atoms with van der Waals surface area (Å²) in [6.07, 6.45) is 0.170. The molecular formula is C22H23N3O4. The van der Waals surface area contributed by atoms with Crippen LogP contribution < -0.4 is 0 Å². The van der Waals surface area contributed by atoms with E-state index >= 15 is 0 Å². The summed E-state index contributed by atoms with van der Waals surface area (Å²) >= 11 is 0. The van der Waals surface area contributed by atoms with E-state index in [0.29, 0.717) is 12.0 Å². The number of non-ortho nitro benzene ring substituents is 1. The summed E-state index contributed by atoms with van der Waals surface area (Å²) < 4.78 is 7.35. The van der Waals surface area contributed by atoms with Crippen LogP contribution in [-0.4, -0.2) is 20.7 Å². The van der Waals surface area contributed by atoms with Gasteiger partial charge in [-0.25, -0.2) is 4.68 Å². The molecule has 0 bridgehead atoms. The van der Waals surface area contributed by atoms with Gasteiger partial charge in [0.25, 0.3) is 5.69 Å². The van der Waals surface area contributed by atoms with Crippen molar-refractivity contribution in [1.29, 1.82) is 0 Å². The maximum absolute atomic E-state index is 12.3. The van der Waals surface area contributed by atoms with Crippen molar-refractivity contribution in [2.45, 2.75) is 39.7 Å². The van der Waals surface area contributed by atoms with E-state index in [1.165, 1.54) is 12.1 Å². The predicted octanol–water partition coefficient (Wildman–Crippen LogP) is 4.63. The number of hydrogen-bond donors (Lipinski definition) is 0. The van der Waals surface area contributed by atoms with E-state index in [9.17, 15) is 14.9 Å². The molecule has 0 unspecified atom stereocenters. The number of para-hydroxylation sites is 1. The molecule has 0 saturated heterocycles. The van der Waals surface area contributed by atoms with Crippen LogP contribution >= 0.6 is 0 Å². The Hall–Kier alpha value is -3.48. The van der Waals surface area contributed by atoms with Crippen LogP contribution in [-0.2, 0) is 16.0 Å². The van der Waals surface area contributed by atoms with Gasteiger partial charge in [0.1, 0.15) is 6.10 Å². The fourth-order valence-electron chi connectivity index (χ4n) is 3.30. The number of carbonyl (C=O) groups is 1. The van der Waals surface area contributed by atoms with Crippen LogP contribution in [0.5, 0.6) is 0 Å². The van der Waals surface area contributed by atoms with Gasteiger partial charge in [-0.3, -0.25) is 14.9 Å². The molecule has 0 spiro atoms. The first-order chi connectivity index (χ1) is 13.9. The molecule has 7 heteroatoms. The smallest absolute Gasteiger partial charge is 0.306 e. The van der Waals surface area contributed by atoms with Crippen molar-refractivity contribution in [3.8, 4) is 5.69 Å². The van der Waals surface area contributed by atoms with E-state index in [1.807, 2.05) is 48.9 Å². The lowest BCUT2D eigenvalue weighted by Gasteiger charge is -2.13. The number of esters is 1. The Morgan fingerprint density at radius 3 is 2.59 bits per heavy atom. The van der Waals surface area contributed by atoms with Gasteiger partial charge in [0.15, 0.2) is 0 Å². The minimum absolute atomic E-state index is 0.0232. The van der Waals surface area contributed by atoms with Crippen molar-refractivity contribution < 1.29 is 14.5 Å². The lowest BCUT2D eigenvalue weighted by atomic mass is 10.1. The van der Waals surface area contributed by atoms with Crippen molar-refractivity contribution in [2.24, 2.45) is 0 Å².